The normalized spacial score (nSPS) is 15.7. The number of nitrogens with zero attached hydrogens (tertiary/aromatic N) is 3. The number of nitrogens with one attached hydrogen (secondary N) is 2. The van der Waals surface area contributed by atoms with Crippen molar-refractivity contribution in [2.45, 2.75) is 38.5 Å². The third-order valence-electron chi connectivity index (χ3n) is 4.33. The molecule has 1 aromatic heterocycles. The Labute approximate surface area is 172 Å². The average molecular weight is 426 g/mol. The number of amides is 2. The number of aliphatic hydroxyl groups excluding tert-OH is 1. The fraction of sp³-hybridized carbons (Fsp3) is 0.500. The van der Waals surface area contributed by atoms with Gasteiger partial charge in [0.15, 0.2) is 0 Å². The summed E-state index contributed by atoms with van der Waals surface area (Å²) in [5.41, 5.74) is 0. The molecule has 1 aliphatic rings. The van der Waals surface area contributed by atoms with Gasteiger partial charge in [0.2, 0.25) is 5.13 Å². The number of aryl methyl sites for hydroxylation is 1. The van der Waals surface area contributed by atoms with Gasteiger partial charge in [-0.05, 0) is 43.5 Å². The summed E-state index contributed by atoms with van der Waals surface area (Å²) in [6, 6.07) is 6.94. The zero-order valence-electron chi connectivity index (χ0n) is 15.6. The van der Waals surface area contributed by atoms with Gasteiger partial charge in [0.1, 0.15) is 23.1 Å². The van der Waals surface area contributed by atoms with Gasteiger partial charge in [-0.3, -0.25) is 10.2 Å². The van der Waals surface area contributed by atoms with Crippen LogP contribution in [0.3, 0.4) is 0 Å². The number of anilines is 1. The van der Waals surface area contributed by atoms with Crippen molar-refractivity contribution in [3.63, 3.8) is 0 Å². The lowest BCUT2D eigenvalue weighted by atomic mass is 10.1. The first kappa shape index (κ1) is 20.8. The molecule has 0 bridgehead atoms. The molecule has 3 N–H and O–H groups in total. The molecule has 0 aliphatic carbocycles. The van der Waals surface area contributed by atoms with Gasteiger partial charge in [0.25, 0.3) is 0 Å². The number of aromatic nitrogens is 2. The number of halogens is 1. The van der Waals surface area contributed by atoms with E-state index in [1.807, 2.05) is 24.0 Å². The third kappa shape index (κ3) is 6.03. The zero-order chi connectivity index (χ0) is 19.9. The summed E-state index contributed by atoms with van der Waals surface area (Å²) in [7, 11) is 0. The van der Waals surface area contributed by atoms with E-state index >= 15 is 0 Å². The summed E-state index contributed by atoms with van der Waals surface area (Å²) >= 11 is 7.22. The fourth-order valence-corrected chi connectivity index (χ4v) is 3.55. The molecule has 28 heavy (non-hydrogen) atoms. The van der Waals surface area contributed by atoms with E-state index in [-0.39, 0.29) is 12.1 Å². The van der Waals surface area contributed by atoms with Crippen LogP contribution in [0.1, 0.15) is 24.8 Å². The molecule has 2 heterocycles. The Morgan fingerprint density at radius 2 is 2.14 bits per heavy atom. The van der Waals surface area contributed by atoms with E-state index in [4.69, 9.17) is 16.3 Å². The number of ether oxygens (including phenoxy) is 1. The van der Waals surface area contributed by atoms with Crippen LogP contribution in [0.25, 0.3) is 0 Å². The largest absolute Gasteiger partial charge is 0.488 e. The number of urea groups is 1. The lowest BCUT2D eigenvalue weighted by Gasteiger charge is -2.41. The molecule has 2 aromatic rings. The van der Waals surface area contributed by atoms with Gasteiger partial charge in [0.05, 0.1) is 0 Å². The fourth-order valence-electron chi connectivity index (χ4n) is 2.75. The molecule has 8 nitrogen and oxygen atoms in total. The smallest absolute Gasteiger partial charge is 0.321 e. The van der Waals surface area contributed by atoms with Gasteiger partial charge in [-0.2, -0.15) is 0 Å². The van der Waals surface area contributed by atoms with Crippen molar-refractivity contribution in [2.24, 2.45) is 0 Å². The van der Waals surface area contributed by atoms with E-state index in [0.717, 1.165) is 17.2 Å². The first-order valence-corrected chi connectivity index (χ1v) is 10.4. The molecule has 0 unspecified atom stereocenters. The highest BCUT2D eigenvalue weighted by Crippen LogP contribution is 2.22. The summed E-state index contributed by atoms with van der Waals surface area (Å²) in [4.78, 5) is 13.8. The molecule has 1 atom stereocenters. The number of hydrogen-bond donors (Lipinski definition) is 3. The quantitative estimate of drug-likeness (QED) is 0.534. The Bertz CT molecular complexity index is 767. The van der Waals surface area contributed by atoms with E-state index < -0.39 is 6.23 Å². The predicted molar refractivity (Wildman–Crippen MR) is 109 cm³/mol. The van der Waals surface area contributed by atoms with Crippen LogP contribution in [0.2, 0.25) is 5.02 Å². The number of hydrogen-bond acceptors (Lipinski definition) is 7. The third-order valence-corrected chi connectivity index (χ3v) is 5.56. The highest BCUT2D eigenvalue weighted by atomic mass is 35.5. The zero-order valence-corrected chi connectivity index (χ0v) is 17.2. The molecule has 3 rings (SSSR count). The SMILES string of the molecule is CCc1nnc(NC(=O)NCCC[C@H](O)N2CC(Oc3ccc(Cl)cc3)C2)s1. The van der Waals surface area contributed by atoms with Crippen LogP contribution in [0.4, 0.5) is 9.93 Å². The molecule has 1 saturated heterocycles. The molecule has 2 amide bonds. The summed E-state index contributed by atoms with van der Waals surface area (Å²) in [6.07, 6.45) is 1.57. The maximum Gasteiger partial charge on any atom is 0.321 e. The van der Waals surface area contributed by atoms with Gasteiger partial charge >= 0.3 is 6.03 Å². The van der Waals surface area contributed by atoms with Crippen molar-refractivity contribution < 1.29 is 14.6 Å². The molecular formula is C18H24ClN5O3S. The second kappa shape index (κ2) is 10.0. The number of carbonyl (C=O) groups excluding carboxylic acids is 1. The Morgan fingerprint density at radius 3 is 2.82 bits per heavy atom. The maximum atomic E-state index is 11.8. The molecule has 152 valence electrons. The molecule has 0 radical (unpaired) electrons. The highest BCUT2D eigenvalue weighted by molar-refractivity contribution is 7.15. The molecule has 1 aromatic carbocycles. The Hall–Kier alpha value is -1.94. The van der Waals surface area contributed by atoms with E-state index in [1.165, 1.54) is 11.3 Å². The van der Waals surface area contributed by atoms with E-state index in [9.17, 15) is 9.90 Å². The van der Waals surface area contributed by atoms with Gasteiger partial charge in [-0.25, -0.2) is 4.79 Å². The van der Waals surface area contributed by atoms with Crippen molar-refractivity contribution in [3.8, 4) is 5.75 Å². The molecular weight excluding hydrogens is 402 g/mol. The van der Waals surface area contributed by atoms with Gasteiger partial charge in [-0.15, -0.1) is 10.2 Å². The molecule has 0 spiro atoms. The molecule has 0 saturated carbocycles. The topological polar surface area (TPSA) is 99.6 Å². The lowest BCUT2D eigenvalue weighted by molar-refractivity contribution is -0.0931. The number of likely N-dealkylation sites (tertiary alicyclic amines) is 1. The van der Waals surface area contributed by atoms with Crippen LogP contribution >= 0.6 is 22.9 Å². The van der Waals surface area contributed by atoms with Crippen molar-refractivity contribution in [2.75, 3.05) is 25.0 Å². The number of rotatable bonds is 9. The highest BCUT2D eigenvalue weighted by Gasteiger charge is 2.32. The molecule has 1 aliphatic heterocycles. The summed E-state index contributed by atoms with van der Waals surface area (Å²) in [5.74, 6) is 0.778. The van der Waals surface area contributed by atoms with Crippen LogP contribution in [-0.2, 0) is 6.42 Å². The van der Waals surface area contributed by atoms with Crippen molar-refractivity contribution >= 4 is 34.1 Å². The van der Waals surface area contributed by atoms with Gasteiger partial charge in [-0.1, -0.05) is 29.9 Å². The first-order valence-electron chi connectivity index (χ1n) is 9.25. The maximum absolute atomic E-state index is 11.8. The number of aliphatic hydroxyl groups is 1. The second-order valence-electron chi connectivity index (χ2n) is 6.51. The molecule has 1 fully saturated rings. The Morgan fingerprint density at radius 1 is 1.39 bits per heavy atom. The summed E-state index contributed by atoms with van der Waals surface area (Å²) in [5, 5.41) is 25.5. The summed E-state index contributed by atoms with van der Waals surface area (Å²) in [6.45, 7) is 3.81. The number of benzene rings is 1. The minimum absolute atomic E-state index is 0.0691. The van der Waals surface area contributed by atoms with Crippen molar-refractivity contribution in [1.29, 1.82) is 0 Å². The van der Waals surface area contributed by atoms with Crippen molar-refractivity contribution in [1.82, 2.24) is 20.4 Å². The van der Waals surface area contributed by atoms with Gasteiger partial charge in [0, 0.05) is 24.7 Å². The monoisotopic (exact) mass is 425 g/mol. The lowest BCUT2D eigenvalue weighted by Crippen LogP contribution is -2.57. The Kier molecular flexibility index (Phi) is 7.43. The van der Waals surface area contributed by atoms with Crippen LogP contribution in [0.15, 0.2) is 24.3 Å². The van der Waals surface area contributed by atoms with Crippen LogP contribution in [0, 0.1) is 0 Å². The van der Waals surface area contributed by atoms with E-state index in [0.29, 0.717) is 42.6 Å². The van der Waals surface area contributed by atoms with E-state index in [2.05, 4.69) is 20.8 Å². The minimum atomic E-state index is -0.537. The minimum Gasteiger partial charge on any atom is -0.488 e. The molecule has 10 heteroatoms. The van der Waals surface area contributed by atoms with E-state index in [1.54, 1.807) is 12.1 Å². The van der Waals surface area contributed by atoms with Crippen LogP contribution in [0.5, 0.6) is 5.75 Å². The second-order valence-corrected chi connectivity index (χ2v) is 8.00. The first-order chi connectivity index (χ1) is 13.5. The average Bonchev–Trinajstić information content (AvgIpc) is 3.10. The van der Waals surface area contributed by atoms with Crippen LogP contribution < -0.4 is 15.4 Å². The van der Waals surface area contributed by atoms with Crippen LogP contribution in [-0.4, -0.2) is 58.2 Å². The summed E-state index contributed by atoms with van der Waals surface area (Å²) < 4.78 is 5.82. The van der Waals surface area contributed by atoms with Crippen molar-refractivity contribution in [3.05, 3.63) is 34.3 Å². The van der Waals surface area contributed by atoms with Gasteiger partial charge < -0.3 is 15.2 Å². The predicted octanol–water partition coefficient (Wildman–Crippen LogP) is 2.74. The standard InChI is InChI=1S/C18H24ClN5O3S/c1-2-15-22-23-18(28-15)21-17(26)20-9-3-4-16(25)24-10-14(11-24)27-13-7-5-12(19)6-8-13/h5-8,14,16,25H,2-4,9-11H2,1H3,(H2,20,21,23,26)/t16-/m0/s1. The Balaban J connectivity index is 1.26. The number of carbonyl (C=O) groups is 1.